The van der Waals surface area contributed by atoms with E-state index in [9.17, 15) is 4.79 Å². The van der Waals surface area contributed by atoms with Crippen molar-refractivity contribution in [2.45, 2.75) is 51.5 Å². The van der Waals surface area contributed by atoms with E-state index < -0.39 is 0 Å². The molecule has 4 aliphatic carbocycles. The van der Waals surface area contributed by atoms with Crippen LogP contribution in [0.5, 0.6) is 0 Å². The summed E-state index contributed by atoms with van der Waals surface area (Å²) in [5.41, 5.74) is 2.03. The first-order valence-electron chi connectivity index (χ1n) is 9.87. The lowest BCUT2D eigenvalue weighted by Gasteiger charge is -2.55. The summed E-state index contributed by atoms with van der Waals surface area (Å²) in [6.45, 7) is 2.09. The minimum absolute atomic E-state index is 0.0281. The van der Waals surface area contributed by atoms with Crippen LogP contribution in [0.2, 0.25) is 0 Å². The molecule has 1 heterocycles. The Balaban J connectivity index is 1.29. The van der Waals surface area contributed by atoms with Gasteiger partial charge in [-0.05, 0) is 80.9 Å². The fourth-order valence-electron chi connectivity index (χ4n) is 6.08. The summed E-state index contributed by atoms with van der Waals surface area (Å²) >= 11 is 0. The average Bonchev–Trinajstić information content (AvgIpc) is 3.15. The van der Waals surface area contributed by atoms with Gasteiger partial charge in [0.25, 0.3) is 0 Å². The Morgan fingerprint density at radius 3 is 2.27 bits per heavy atom. The number of nitrogens with zero attached hydrogens (tertiary/aromatic N) is 3. The number of aromatic nitrogens is 3. The molecule has 4 bridgehead atoms. The average molecular weight is 350 g/mol. The molecule has 4 saturated carbocycles. The molecule has 26 heavy (non-hydrogen) atoms. The third kappa shape index (κ3) is 2.65. The Bertz CT molecular complexity index is 761. The molecule has 5 heteroatoms. The number of benzene rings is 1. The van der Waals surface area contributed by atoms with E-state index in [1.165, 1.54) is 25.6 Å². The van der Waals surface area contributed by atoms with Crippen molar-refractivity contribution in [2.75, 3.05) is 0 Å². The number of amides is 1. The van der Waals surface area contributed by atoms with Crippen molar-refractivity contribution in [2.24, 2.45) is 23.2 Å². The molecule has 1 atom stereocenters. The molecule has 1 aromatic heterocycles. The largest absolute Gasteiger partial charge is 0.349 e. The van der Waals surface area contributed by atoms with E-state index in [0.717, 1.165) is 48.3 Å². The summed E-state index contributed by atoms with van der Waals surface area (Å²) in [7, 11) is 0. The predicted molar refractivity (Wildman–Crippen MR) is 98.5 cm³/mol. The van der Waals surface area contributed by atoms with Crippen LogP contribution in [0, 0.1) is 23.2 Å². The van der Waals surface area contributed by atoms with E-state index in [-0.39, 0.29) is 11.5 Å². The topological polar surface area (TPSA) is 59.8 Å². The van der Waals surface area contributed by atoms with Gasteiger partial charge in [-0.25, -0.2) is 9.67 Å². The van der Waals surface area contributed by atoms with E-state index in [0.29, 0.717) is 5.91 Å². The first-order chi connectivity index (χ1) is 12.6. The van der Waals surface area contributed by atoms with E-state index in [2.05, 4.69) is 34.5 Å². The van der Waals surface area contributed by atoms with Gasteiger partial charge in [-0.1, -0.05) is 12.1 Å². The molecule has 0 spiro atoms. The second kappa shape index (κ2) is 5.93. The van der Waals surface area contributed by atoms with Crippen LogP contribution in [-0.4, -0.2) is 20.7 Å². The molecule has 5 nitrogen and oxygen atoms in total. The van der Waals surface area contributed by atoms with Gasteiger partial charge in [0.1, 0.15) is 12.7 Å². The van der Waals surface area contributed by atoms with Gasteiger partial charge < -0.3 is 5.32 Å². The fraction of sp³-hybridized carbons (Fsp3) is 0.571. The molecule has 4 fully saturated rings. The van der Waals surface area contributed by atoms with Crippen molar-refractivity contribution in [3.63, 3.8) is 0 Å². The quantitative estimate of drug-likeness (QED) is 0.915. The molecular formula is C21H26N4O. The number of nitrogens with one attached hydrogen (secondary N) is 1. The summed E-state index contributed by atoms with van der Waals surface area (Å²) in [5.74, 6) is 2.68. The molecule has 6 rings (SSSR count). The second-order valence-corrected chi connectivity index (χ2v) is 8.82. The van der Waals surface area contributed by atoms with E-state index >= 15 is 0 Å². The monoisotopic (exact) mass is 350 g/mol. The number of rotatable bonds is 4. The molecule has 2 aromatic rings. The zero-order valence-corrected chi connectivity index (χ0v) is 15.3. The Kier molecular flexibility index (Phi) is 3.66. The maximum atomic E-state index is 13.2. The van der Waals surface area contributed by atoms with Gasteiger partial charge in [-0.3, -0.25) is 4.79 Å². The summed E-state index contributed by atoms with van der Waals surface area (Å²) in [4.78, 5) is 17.2. The summed E-state index contributed by atoms with van der Waals surface area (Å²) < 4.78 is 1.74. The highest BCUT2D eigenvalue weighted by molar-refractivity contribution is 5.83. The Morgan fingerprint density at radius 1 is 1.12 bits per heavy atom. The van der Waals surface area contributed by atoms with Crippen LogP contribution in [0.25, 0.3) is 5.69 Å². The molecule has 4 aliphatic rings. The van der Waals surface area contributed by atoms with Crippen LogP contribution >= 0.6 is 0 Å². The predicted octanol–water partition coefficient (Wildman–Crippen LogP) is 3.66. The first kappa shape index (κ1) is 16.0. The molecule has 0 saturated heterocycles. The summed E-state index contributed by atoms with van der Waals surface area (Å²) in [6.07, 6.45) is 10.7. The fourth-order valence-corrected chi connectivity index (χ4v) is 6.08. The van der Waals surface area contributed by atoms with E-state index in [1.807, 2.05) is 12.1 Å². The Morgan fingerprint density at radius 2 is 1.73 bits per heavy atom. The summed E-state index contributed by atoms with van der Waals surface area (Å²) in [6, 6.07) is 8.22. The molecule has 1 unspecified atom stereocenters. The van der Waals surface area contributed by atoms with E-state index in [4.69, 9.17) is 0 Å². The van der Waals surface area contributed by atoms with Crippen LogP contribution in [0.15, 0.2) is 36.9 Å². The maximum absolute atomic E-state index is 13.2. The zero-order valence-electron chi connectivity index (χ0n) is 15.3. The normalized spacial score (nSPS) is 33.2. The van der Waals surface area contributed by atoms with Gasteiger partial charge in [0, 0.05) is 5.41 Å². The van der Waals surface area contributed by atoms with Gasteiger partial charge >= 0.3 is 0 Å². The number of hydrogen-bond donors (Lipinski definition) is 1. The van der Waals surface area contributed by atoms with Crippen LogP contribution in [0.4, 0.5) is 0 Å². The SMILES string of the molecule is CC(NC(=O)C12CC3CC(CC(C3)C1)C2)c1ccc(-n2cncn2)cc1. The smallest absolute Gasteiger partial charge is 0.226 e. The minimum Gasteiger partial charge on any atom is -0.349 e. The number of carbonyl (C=O) groups excluding carboxylic acids is 1. The third-order valence-electron chi connectivity index (χ3n) is 6.94. The van der Waals surface area contributed by atoms with Gasteiger partial charge in [-0.2, -0.15) is 5.10 Å². The molecule has 136 valence electrons. The standard InChI is InChI=1S/C21H26N4O/c1-14(18-2-4-19(5-3-18)25-13-22-12-23-25)24-20(26)21-9-15-6-16(10-21)8-17(7-15)11-21/h2-5,12-17H,6-11H2,1H3,(H,24,26). The lowest BCUT2D eigenvalue weighted by atomic mass is 9.49. The van der Waals surface area contributed by atoms with Crippen molar-refractivity contribution in [3.05, 3.63) is 42.5 Å². The van der Waals surface area contributed by atoms with Crippen molar-refractivity contribution >= 4 is 5.91 Å². The highest BCUT2D eigenvalue weighted by Crippen LogP contribution is 2.60. The van der Waals surface area contributed by atoms with Crippen LogP contribution in [0.1, 0.15) is 57.1 Å². The van der Waals surface area contributed by atoms with Crippen LogP contribution < -0.4 is 5.32 Å². The van der Waals surface area contributed by atoms with Gasteiger partial charge in [-0.15, -0.1) is 0 Å². The molecule has 0 radical (unpaired) electrons. The molecule has 0 aliphatic heterocycles. The highest BCUT2D eigenvalue weighted by Gasteiger charge is 2.54. The Hall–Kier alpha value is -2.17. The minimum atomic E-state index is -0.0797. The first-order valence-corrected chi connectivity index (χ1v) is 9.87. The lowest BCUT2D eigenvalue weighted by molar-refractivity contribution is -0.147. The second-order valence-electron chi connectivity index (χ2n) is 8.82. The van der Waals surface area contributed by atoms with Crippen molar-refractivity contribution in [1.29, 1.82) is 0 Å². The van der Waals surface area contributed by atoms with Crippen molar-refractivity contribution < 1.29 is 4.79 Å². The Labute approximate surface area is 154 Å². The molecular weight excluding hydrogens is 324 g/mol. The van der Waals surface area contributed by atoms with Gasteiger partial charge in [0.2, 0.25) is 5.91 Å². The van der Waals surface area contributed by atoms with Crippen molar-refractivity contribution in [3.8, 4) is 5.69 Å². The number of hydrogen-bond acceptors (Lipinski definition) is 3. The van der Waals surface area contributed by atoms with Crippen LogP contribution in [0.3, 0.4) is 0 Å². The lowest BCUT2D eigenvalue weighted by Crippen LogP contribution is -2.53. The van der Waals surface area contributed by atoms with Gasteiger partial charge in [0.15, 0.2) is 0 Å². The summed E-state index contributed by atoms with van der Waals surface area (Å²) in [5, 5.41) is 7.48. The van der Waals surface area contributed by atoms with Crippen LogP contribution in [-0.2, 0) is 4.79 Å². The zero-order chi connectivity index (χ0) is 17.7. The maximum Gasteiger partial charge on any atom is 0.226 e. The van der Waals surface area contributed by atoms with E-state index in [1.54, 1.807) is 11.0 Å². The number of carbonyl (C=O) groups is 1. The van der Waals surface area contributed by atoms with Crippen molar-refractivity contribution in [1.82, 2.24) is 20.1 Å². The third-order valence-corrected chi connectivity index (χ3v) is 6.94. The molecule has 1 N–H and O–H groups in total. The molecule has 1 aromatic carbocycles. The highest BCUT2D eigenvalue weighted by atomic mass is 16.2. The van der Waals surface area contributed by atoms with Gasteiger partial charge in [0.05, 0.1) is 11.7 Å². The molecule has 1 amide bonds.